The number of halogens is 1. The normalized spacial score (nSPS) is 16.9. The number of hydrogen-bond acceptors (Lipinski definition) is 4. The van der Waals surface area contributed by atoms with Gasteiger partial charge in [0, 0.05) is 43.2 Å². The van der Waals surface area contributed by atoms with Gasteiger partial charge in [-0.05, 0) is 67.5 Å². The molecule has 0 bridgehead atoms. The minimum Gasteiger partial charge on any atom is -0.465 e. The maximum absolute atomic E-state index is 15.5. The third-order valence-corrected chi connectivity index (χ3v) is 7.62. The molecule has 0 radical (unpaired) electrons. The summed E-state index contributed by atoms with van der Waals surface area (Å²) in [7, 11) is 0. The Morgan fingerprint density at radius 1 is 1.13 bits per heavy atom. The first kappa shape index (κ1) is 28.3. The first-order chi connectivity index (χ1) is 18.7. The maximum atomic E-state index is 15.5. The molecular formula is C31H36FN3O4. The van der Waals surface area contributed by atoms with E-state index in [4.69, 9.17) is 10.8 Å². The number of rotatable bonds is 9. The number of aryl methyl sites for hydroxylation is 1. The van der Waals surface area contributed by atoms with Crippen LogP contribution in [0.5, 0.6) is 0 Å². The van der Waals surface area contributed by atoms with Gasteiger partial charge in [-0.15, -0.1) is 0 Å². The number of amides is 2. The molecule has 2 atom stereocenters. The third kappa shape index (κ3) is 6.46. The molecule has 0 saturated carbocycles. The van der Waals surface area contributed by atoms with E-state index in [1.54, 1.807) is 29.2 Å². The number of carbonyl (C=O) groups is 2. The summed E-state index contributed by atoms with van der Waals surface area (Å²) in [6.45, 7) is 3.32. The lowest BCUT2D eigenvalue weighted by Crippen LogP contribution is -2.48. The zero-order chi connectivity index (χ0) is 28.0. The van der Waals surface area contributed by atoms with Gasteiger partial charge in [-0.25, -0.2) is 9.18 Å². The minimum absolute atomic E-state index is 0.128. The summed E-state index contributed by atoms with van der Waals surface area (Å²) >= 11 is 0. The average molecular weight is 534 g/mol. The second-order valence-corrected chi connectivity index (χ2v) is 10.3. The fourth-order valence-corrected chi connectivity index (χ4v) is 5.61. The topological polar surface area (TPSA) is 116 Å². The van der Waals surface area contributed by atoms with E-state index in [-0.39, 0.29) is 24.8 Å². The van der Waals surface area contributed by atoms with Crippen LogP contribution >= 0.6 is 0 Å². The van der Waals surface area contributed by atoms with Crippen LogP contribution in [-0.4, -0.2) is 46.7 Å². The molecule has 1 heterocycles. The highest BCUT2D eigenvalue weighted by molar-refractivity contribution is 5.94. The smallest absolute Gasteiger partial charge is 0.404 e. The van der Waals surface area contributed by atoms with Crippen molar-refractivity contribution in [1.29, 1.82) is 0 Å². The van der Waals surface area contributed by atoms with E-state index in [0.717, 1.165) is 11.1 Å². The number of likely N-dealkylation sites (tertiary alicyclic amines) is 1. The van der Waals surface area contributed by atoms with Crippen LogP contribution in [0.1, 0.15) is 52.7 Å². The van der Waals surface area contributed by atoms with Gasteiger partial charge in [0.25, 0.3) is 5.91 Å². The Morgan fingerprint density at radius 3 is 2.56 bits per heavy atom. The molecule has 39 heavy (non-hydrogen) atoms. The Kier molecular flexibility index (Phi) is 8.99. The first-order valence-corrected chi connectivity index (χ1v) is 13.4. The van der Waals surface area contributed by atoms with Gasteiger partial charge in [0.15, 0.2) is 0 Å². The predicted molar refractivity (Wildman–Crippen MR) is 149 cm³/mol. The van der Waals surface area contributed by atoms with Gasteiger partial charge in [-0.3, -0.25) is 4.79 Å². The van der Waals surface area contributed by atoms with Crippen LogP contribution < -0.4 is 11.1 Å². The quantitative estimate of drug-likeness (QED) is 0.288. The molecular weight excluding hydrogens is 497 g/mol. The number of benzene rings is 3. The van der Waals surface area contributed by atoms with E-state index >= 15 is 4.39 Å². The average Bonchev–Trinajstić information content (AvgIpc) is 2.94. The highest BCUT2D eigenvalue weighted by Gasteiger charge is 2.43. The van der Waals surface area contributed by atoms with E-state index in [1.165, 1.54) is 6.07 Å². The minimum atomic E-state index is -1.50. The van der Waals surface area contributed by atoms with E-state index < -0.39 is 17.5 Å². The van der Waals surface area contributed by atoms with Crippen molar-refractivity contribution >= 4 is 12.0 Å². The molecule has 0 aliphatic carbocycles. The van der Waals surface area contributed by atoms with Crippen molar-refractivity contribution in [2.75, 3.05) is 19.6 Å². The van der Waals surface area contributed by atoms with Gasteiger partial charge >= 0.3 is 6.09 Å². The molecule has 7 nitrogen and oxygen atoms in total. The van der Waals surface area contributed by atoms with Gasteiger partial charge in [-0.1, -0.05) is 54.1 Å². The first-order valence-electron chi connectivity index (χ1n) is 13.4. The van der Waals surface area contributed by atoms with Gasteiger partial charge in [0.05, 0.1) is 5.60 Å². The van der Waals surface area contributed by atoms with E-state index in [2.05, 4.69) is 5.32 Å². The highest BCUT2D eigenvalue weighted by Crippen LogP contribution is 2.44. The van der Waals surface area contributed by atoms with Gasteiger partial charge in [-0.2, -0.15) is 0 Å². The Morgan fingerprint density at radius 2 is 1.87 bits per heavy atom. The number of carbonyl (C=O) groups excluding carboxylic acids is 1. The Bertz CT molecular complexity index is 1310. The third-order valence-electron chi connectivity index (χ3n) is 7.62. The van der Waals surface area contributed by atoms with E-state index in [1.807, 2.05) is 43.3 Å². The van der Waals surface area contributed by atoms with Crippen LogP contribution in [0.4, 0.5) is 9.18 Å². The lowest BCUT2D eigenvalue weighted by atomic mass is 9.72. The molecule has 1 fully saturated rings. The van der Waals surface area contributed by atoms with E-state index in [9.17, 15) is 14.7 Å². The summed E-state index contributed by atoms with van der Waals surface area (Å²) < 4.78 is 15.5. The van der Waals surface area contributed by atoms with Crippen LogP contribution in [0.15, 0.2) is 66.7 Å². The predicted octanol–water partition coefficient (Wildman–Crippen LogP) is 5.05. The summed E-state index contributed by atoms with van der Waals surface area (Å²) in [6.07, 6.45) is 0.732. The Balaban J connectivity index is 1.70. The number of hydrogen-bond donors (Lipinski definition) is 4. The van der Waals surface area contributed by atoms with E-state index in [0.29, 0.717) is 61.2 Å². The SMILES string of the molecule is Cc1cccc(-c2c(F)cccc2C(O)(CCCNC(=O)O)[C@@H]2CCCN(C(=O)c3ccc(CN)cc3)C2)c1. The van der Waals surface area contributed by atoms with Gasteiger partial charge < -0.3 is 26.2 Å². The van der Waals surface area contributed by atoms with Crippen LogP contribution in [0.25, 0.3) is 11.1 Å². The van der Waals surface area contributed by atoms with Crippen molar-refractivity contribution in [1.82, 2.24) is 10.2 Å². The largest absolute Gasteiger partial charge is 0.465 e. The molecule has 1 saturated heterocycles. The number of nitrogens with one attached hydrogen (secondary N) is 1. The number of nitrogens with two attached hydrogens (primary N) is 1. The number of aliphatic hydroxyl groups is 1. The molecule has 1 aliphatic rings. The van der Waals surface area contributed by atoms with Crippen LogP contribution in [0, 0.1) is 18.7 Å². The summed E-state index contributed by atoms with van der Waals surface area (Å²) in [5.41, 5.74) is 8.09. The zero-order valence-corrected chi connectivity index (χ0v) is 22.2. The molecule has 0 spiro atoms. The molecule has 4 rings (SSSR count). The summed E-state index contributed by atoms with van der Waals surface area (Å²) in [5.74, 6) is -0.950. The standard InChI is InChI=1S/C31H36FN3O4/c1-21-6-2-7-24(18-21)28-26(9-3-10-27(28)32)31(39,15-5-16-34-30(37)38)25-8-4-17-35(20-25)29(36)23-13-11-22(19-33)12-14-23/h2-3,6-7,9-14,18,25,34,39H,4-5,8,15-17,19-20,33H2,1H3,(H,37,38)/t25-,31?/m1/s1. The van der Waals surface area contributed by atoms with Crippen molar-refractivity contribution in [2.24, 2.45) is 11.7 Å². The van der Waals surface area contributed by atoms with Crippen molar-refractivity contribution < 1.29 is 24.2 Å². The molecule has 206 valence electrons. The van der Waals surface area contributed by atoms with Crippen LogP contribution in [0.3, 0.4) is 0 Å². The summed E-state index contributed by atoms with van der Waals surface area (Å²) in [4.78, 5) is 26.2. The van der Waals surface area contributed by atoms with Gasteiger partial charge in [0.2, 0.25) is 0 Å². The molecule has 2 amide bonds. The molecule has 0 aromatic heterocycles. The van der Waals surface area contributed by atoms with Gasteiger partial charge in [0.1, 0.15) is 5.82 Å². The Hall–Kier alpha value is -3.75. The van der Waals surface area contributed by atoms with Crippen molar-refractivity contribution in [2.45, 2.75) is 44.8 Å². The lowest BCUT2D eigenvalue weighted by Gasteiger charge is -2.43. The fraction of sp³-hybridized carbons (Fsp3) is 0.355. The molecule has 3 aromatic carbocycles. The van der Waals surface area contributed by atoms with Crippen LogP contribution in [-0.2, 0) is 12.1 Å². The Labute approximate surface area is 228 Å². The highest BCUT2D eigenvalue weighted by atomic mass is 19.1. The zero-order valence-electron chi connectivity index (χ0n) is 22.2. The van der Waals surface area contributed by atoms with Crippen molar-refractivity contribution in [3.05, 3.63) is 94.8 Å². The fourth-order valence-electron chi connectivity index (χ4n) is 5.61. The molecule has 5 N–H and O–H groups in total. The lowest BCUT2D eigenvalue weighted by molar-refractivity contribution is -0.0564. The summed E-state index contributed by atoms with van der Waals surface area (Å²) in [6, 6.07) is 19.4. The monoisotopic (exact) mass is 533 g/mol. The molecule has 1 aliphatic heterocycles. The summed E-state index contributed by atoms with van der Waals surface area (Å²) in [5, 5.41) is 23.8. The molecule has 8 heteroatoms. The van der Waals surface area contributed by atoms with Crippen LogP contribution in [0.2, 0.25) is 0 Å². The second kappa shape index (κ2) is 12.4. The number of nitrogens with zero attached hydrogens (tertiary/aromatic N) is 1. The maximum Gasteiger partial charge on any atom is 0.404 e. The number of carboxylic acid groups (broad SMARTS) is 1. The molecule has 1 unspecified atom stereocenters. The second-order valence-electron chi connectivity index (χ2n) is 10.3. The van der Waals surface area contributed by atoms with Crippen molar-refractivity contribution in [3.8, 4) is 11.1 Å². The van der Waals surface area contributed by atoms with Crippen molar-refractivity contribution in [3.63, 3.8) is 0 Å². The number of piperidine rings is 1. The molecule has 3 aromatic rings.